The average molecular weight is 221 g/mol. The van der Waals surface area contributed by atoms with Crippen LogP contribution in [0.4, 0.5) is 0 Å². The SMILES string of the molecule is CCNC(C)CCOc1cc(C)ccc1C. The van der Waals surface area contributed by atoms with Crippen molar-refractivity contribution in [2.24, 2.45) is 0 Å². The van der Waals surface area contributed by atoms with Gasteiger partial charge in [-0.1, -0.05) is 19.1 Å². The Morgan fingerprint density at radius 1 is 1.31 bits per heavy atom. The molecule has 0 saturated heterocycles. The quantitative estimate of drug-likeness (QED) is 0.797. The van der Waals surface area contributed by atoms with E-state index in [0.717, 1.165) is 25.3 Å². The van der Waals surface area contributed by atoms with Gasteiger partial charge in [-0.3, -0.25) is 0 Å². The van der Waals surface area contributed by atoms with Gasteiger partial charge < -0.3 is 10.1 Å². The second-order valence-corrected chi connectivity index (χ2v) is 4.36. The molecule has 0 aromatic heterocycles. The smallest absolute Gasteiger partial charge is 0.122 e. The molecule has 0 amide bonds. The van der Waals surface area contributed by atoms with Crippen molar-refractivity contribution in [3.8, 4) is 5.75 Å². The molecule has 0 radical (unpaired) electrons. The highest BCUT2D eigenvalue weighted by Gasteiger charge is 2.02. The summed E-state index contributed by atoms with van der Waals surface area (Å²) in [5.41, 5.74) is 2.46. The van der Waals surface area contributed by atoms with E-state index >= 15 is 0 Å². The molecule has 1 atom stereocenters. The van der Waals surface area contributed by atoms with Gasteiger partial charge in [0.15, 0.2) is 0 Å². The Labute approximate surface area is 99.0 Å². The highest BCUT2D eigenvalue weighted by molar-refractivity contribution is 5.35. The van der Waals surface area contributed by atoms with Gasteiger partial charge in [0.1, 0.15) is 5.75 Å². The van der Waals surface area contributed by atoms with E-state index in [1.807, 2.05) is 0 Å². The topological polar surface area (TPSA) is 21.3 Å². The first-order chi connectivity index (χ1) is 7.63. The van der Waals surface area contributed by atoms with Crippen LogP contribution in [0.5, 0.6) is 5.75 Å². The number of benzene rings is 1. The maximum atomic E-state index is 5.79. The first-order valence-corrected chi connectivity index (χ1v) is 6.07. The molecule has 1 N–H and O–H groups in total. The molecule has 0 spiro atoms. The first-order valence-electron chi connectivity index (χ1n) is 6.07. The van der Waals surface area contributed by atoms with E-state index in [0.29, 0.717) is 6.04 Å². The lowest BCUT2D eigenvalue weighted by Crippen LogP contribution is -2.27. The van der Waals surface area contributed by atoms with Crippen molar-refractivity contribution < 1.29 is 4.74 Å². The van der Waals surface area contributed by atoms with Gasteiger partial charge in [-0.2, -0.15) is 0 Å². The van der Waals surface area contributed by atoms with E-state index in [9.17, 15) is 0 Å². The van der Waals surface area contributed by atoms with Crippen LogP contribution in [0.1, 0.15) is 31.4 Å². The Morgan fingerprint density at radius 3 is 2.75 bits per heavy atom. The van der Waals surface area contributed by atoms with Gasteiger partial charge in [-0.25, -0.2) is 0 Å². The monoisotopic (exact) mass is 221 g/mol. The molecular weight excluding hydrogens is 198 g/mol. The van der Waals surface area contributed by atoms with Crippen LogP contribution in [0.2, 0.25) is 0 Å². The zero-order valence-electron chi connectivity index (χ0n) is 10.8. The van der Waals surface area contributed by atoms with Crippen molar-refractivity contribution in [1.29, 1.82) is 0 Å². The Hall–Kier alpha value is -1.02. The molecule has 1 aromatic carbocycles. The summed E-state index contributed by atoms with van der Waals surface area (Å²) in [6.45, 7) is 10.3. The van der Waals surface area contributed by atoms with Crippen molar-refractivity contribution in [3.05, 3.63) is 29.3 Å². The van der Waals surface area contributed by atoms with Crippen LogP contribution >= 0.6 is 0 Å². The fraction of sp³-hybridized carbons (Fsp3) is 0.571. The maximum absolute atomic E-state index is 5.79. The fourth-order valence-corrected chi connectivity index (χ4v) is 1.66. The summed E-state index contributed by atoms with van der Waals surface area (Å²) in [7, 11) is 0. The standard InChI is InChI=1S/C14H23NO/c1-5-15-13(4)8-9-16-14-10-11(2)6-7-12(14)3/h6-7,10,13,15H,5,8-9H2,1-4H3. The van der Waals surface area contributed by atoms with E-state index in [2.05, 4.69) is 51.2 Å². The van der Waals surface area contributed by atoms with E-state index < -0.39 is 0 Å². The van der Waals surface area contributed by atoms with E-state index in [1.54, 1.807) is 0 Å². The minimum absolute atomic E-state index is 0.523. The van der Waals surface area contributed by atoms with Gasteiger partial charge in [0.2, 0.25) is 0 Å². The summed E-state index contributed by atoms with van der Waals surface area (Å²) < 4.78 is 5.79. The Morgan fingerprint density at radius 2 is 2.06 bits per heavy atom. The number of hydrogen-bond donors (Lipinski definition) is 1. The van der Waals surface area contributed by atoms with Crippen LogP contribution in [0.3, 0.4) is 0 Å². The molecule has 1 rings (SSSR count). The van der Waals surface area contributed by atoms with Crippen molar-refractivity contribution >= 4 is 0 Å². The summed E-state index contributed by atoms with van der Waals surface area (Å²) in [6.07, 6.45) is 1.04. The van der Waals surface area contributed by atoms with Crippen LogP contribution in [-0.2, 0) is 0 Å². The molecule has 1 unspecified atom stereocenters. The van der Waals surface area contributed by atoms with E-state index in [4.69, 9.17) is 4.74 Å². The highest BCUT2D eigenvalue weighted by Crippen LogP contribution is 2.19. The lowest BCUT2D eigenvalue weighted by Gasteiger charge is -2.14. The Kier molecular flexibility index (Phi) is 5.33. The van der Waals surface area contributed by atoms with Gasteiger partial charge >= 0.3 is 0 Å². The Bertz CT molecular complexity index is 323. The fourth-order valence-electron chi connectivity index (χ4n) is 1.66. The summed E-state index contributed by atoms with van der Waals surface area (Å²) in [6, 6.07) is 6.85. The molecule has 0 heterocycles. The molecule has 0 fully saturated rings. The summed E-state index contributed by atoms with van der Waals surface area (Å²) in [4.78, 5) is 0. The summed E-state index contributed by atoms with van der Waals surface area (Å²) in [5.74, 6) is 1.02. The van der Waals surface area contributed by atoms with E-state index in [1.165, 1.54) is 11.1 Å². The van der Waals surface area contributed by atoms with Crippen LogP contribution in [-0.4, -0.2) is 19.2 Å². The molecule has 1 aromatic rings. The third kappa shape index (κ3) is 4.23. The van der Waals surface area contributed by atoms with Crippen molar-refractivity contribution in [1.82, 2.24) is 5.32 Å². The van der Waals surface area contributed by atoms with Gasteiger partial charge in [0.25, 0.3) is 0 Å². The molecule has 2 heteroatoms. The third-order valence-corrected chi connectivity index (χ3v) is 2.70. The van der Waals surface area contributed by atoms with Crippen LogP contribution < -0.4 is 10.1 Å². The first kappa shape index (κ1) is 13.0. The number of nitrogens with one attached hydrogen (secondary N) is 1. The molecule has 16 heavy (non-hydrogen) atoms. The van der Waals surface area contributed by atoms with Gasteiger partial charge in [0, 0.05) is 6.04 Å². The van der Waals surface area contributed by atoms with Crippen molar-refractivity contribution in [2.75, 3.05) is 13.2 Å². The van der Waals surface area contributed by atoms with Crippen LogP contribution in [0.15, 0.2) is 18.2 Å². The number of hydrogen-bond acceptors (Lipinski definition) is 2. The molecule has 0 aliphatic heterocycles. The number of ether oxygens (including phenoxy) is 1. The van der Waals surface area contributed by atoms with Gasteiger partial charge in [-0.05, 0) is 50.9 Å². The number of rotatable bonds is 6. The zero-order chi connectivity index (χ0) is 12.0. The molecule has 0 aliphatic rings. The van der Waals surface area contributed by atoms with Gasteiger partial charge in [0.05, 0.1) is 6.61 Å². The predicted molar refractivity (Wildman–Crippen MR) is 69.2 cm³/mol. The third-order valence-electron chi connectivity index (χ3n) is 2.70. The average Bonchev–Trinajstić information content (AvgIpc) is 2.23. The van der Waals surface area contributed by atoms with Crippen LogP contribution in [0, 0.1) is 13.8 Å². The number of aryl methyl sites for hydroxylation is 2. The zero-order valence-corrected chi connectivity index (χ0v) is 10.8. The minimum Gasteiger partial charge on any atom is -0.493 e. The lowest BCUT2D eigenvalue weighted by molar-refractivity contribution is 0.289. The molecule has 90 valence electrons. The molecule has 0 bridgehead atoms. The molecular formula is C14H23NO. The predicted octanol–water partition coefficient (Wildman–Crippen LogP) is 3.07. The Balaban J connectivity index is 2.39. The highest BCUT2D eigenvalue weighted by atomic mass is 16.5. The lowest BCUT2D eigenvalue weighted by atomic mass is 10.1. The second kappa shape index (κ2) is 6.54. The maximum Gasteiger partial charge on any atom is 0.122 e. The minimum atomic E-state index is 0.523. The molecule has 0 aliphatic carbocycles. The normalized spacial score (nSPS) is 12.5. The van der Waals surface area contributed by atoms with Gasteiger partial charge in [-0.15, -0.1) is 0 Å². The van der Waals surface area contributed by atoms with Crippen molar-refractivity contribution in [2.45, 2.75) is 40.2 Å². The summed E-state index contributed by atoms with van der Waals surface area (Å²) in [5, 5.41) is 3.38. The molecule has 0 saturated carbocycles. The van der Waals surface area contributed by atoms with Crippen LogP contribution in [0.25, 0.3) is 0 Å². The summed E-state index contributed by atoms with van der Waals surface area (Å²) >= 11 is 0. The van der Waals surface area contributed by atoms with E-state index in [-0.39, 0.29) is 0 Å². The second-order valence-electron chi connectivity index (χ2n) is 4.36. The largest absolute Gasteiger partial charge is 0.493 e. The van der Waals surface area contributed by atoms with Crippen molar-refractivity contribution in [3.63, 3.8) is 0 Å². The molecule has 2 nitrogen and oxygen atoms in total.